The van der Waals surface area contributed by atoms with E-state index in [4.69, 9.17) is 0 Å². The Bertz CT molecular complexity index is 880. The number of hydrogen-bond donors (Lipinski definition) is 5. The first kappa shape index (κ1) is 16.7. The summed E-state index contributed by atoms with van der Waals surface area (Å²) in [5.74, 6) is -0.492. The number of aromatic hydroxyl groups is 1. The molecule has 0 aliphatic carbocycles. The van der Waals surface area contributed by atoms with Gasteiger partial charge in [0.1, 0.15) is 5.75 Å². The van der Waals surface area contributed by atoms with E-state index in [9.17, 15) is 14.7 Å². The third-order valence-electron chi connectivity index (χ3n) is 3.81. The zero-order valence-electron chi connectivity index (χ0n) is 12.6. The fourth-order valence-electron chi connectivity index (χ4n) is 2.79. The van der Waals surface area contributed by atoms with Gasteiger partial charge in [0.2, 0.25) is 0 Å². The van der Waals surface area contributed by atoms with Crippen LogP contribution in [0.15, 0.2) is 33.9 Å². The molecule has 0 radical (unpaired) electrons. The molecule has 3 rings (SSSR count). The minimum absolute atomic E-state index is 0. The number of aromatic nitrogens is 4. The van der Waals surface area contributed by atoms with Crippen LogP contribution in [0.5, 0.6) is 5.75 Å². The van der Waals surface area contributed by atoms with Crippen LogP contribution in [0.4, 0.5) is 0 Å². The van der Waals surface area contributed by atoms with Crippen LogP contribution in [0.2, 0.25) is 0 Å². The van der Waals surface area contributed by atoms with Gasteiger partial charge in [0.25, 0.3) is 11.1 Å². The highest BCUT2D eigenvalue weighted by molar-refractivity contribution is 5.85. The molecule has 0 amide bonds. The second-order valence-electron chi connectivity index (χ2n) is 5.26. The predicted molar refractivity (Wildman–Crippen MR) is 88.6 cm³/mol. The van der Waals surface area contributed by atoms with E-state index in [1.54, 1.807) is 38.1 Å². The average Bonchev–Trinajstić information content (AvgIpc) is 2.97. The van der Waals surface area contributed by atoms with Crippen molar-refractivity contribution in [3.8, 4) is 5.75 Å². The van der Waals surface area contributed by atoms with Gasteiger partial charge < -0.3 is 15.3 Å². The van der Waals surface area contributed by atoms with E-state index in [1.165, 1.54) is 0 Å². The Kier molecular flexibility index (Phi) is 4.51. The van der Waals surface area contributed by atoms with E-state index in [2.05, 4.69) is 20.4 Å². The molecule has 0 saturated carbocycles. The van der Waals surface area contributed by atoms with Gasteiger partial charge in [-0.1, -0.05) is 12.1 Å². The van der Waals surface area contributed by atoms with Crippen molar-refractivity contribution in [2.75, 3.05) is 0 Å². The summed E-state index contributed by atoms with van der Waals surface area (Å²) in [4.78, 5) is 24.4. The molecule has 0 aliphatic heterocycles. The normalized spacial score (nSPS) is 10.7. The number of H-pyrrole nitrogens is 4. The highest BCUT2D eigenvalue weighted by Gasteiger charge is 2.28. The molecule has 1 aromatic carbocycles. The Morgan fingerprint density at radius 1 is 0.913 bits per heavy atom. The SMILES string of the molecule is Cc1[nH][nH]c(=O)c1C(c1cccc(O)c1)c1c(C)[nH][nH]c1=O.Cl. The van der Waals surface area contributed by atoms with Gasteiger partial charge in [-0.05, 0) is 31.5 Å². The molecule has 3 aromatic rings. The van der Waals surface area contributed by atoms with Crippen LogP contribution in [-0.2, 0) is 0 Å². The van der Waals surface area contributed by atoms with Gasteiger partial charge in [-0.25, -0.2) is 0 Å². The molecule has 0 bridgehead atoms. The van der Waals surface area contributed by atoms with Gasteiger partial charge in [-0.15, -0.1) is 12.4 Å². The number of nitrogens with one attached hydrogen (secondary N) is 4. The van der Waals surface area contributed by atoms with Crippen LogP contribution in [0.1, 0.15) is 34.0 Å². The van der Waals surface area contributed by atoms with Crippen LogP contribution in [-0.4, -0.2) is 25.5 Å². The number of halogens is 1. The molecule has 0 fully saturated rings. The monoisotopic (exact) mass is 336 g/mol. The summed E-state index contributed by atoms with van der Waals surface area (Å²) in [5.41, 5.74) is 2.31. The van der Waals surface area contributed by atoms with Gasteiger partial charge >= 0.3 is 0 Å². The van der Waals surface area contributed by atoms with E-state index in [1.807, 2.05) is 0 Å². The summed E-state index contributed by atoms with van der Waals surface area (Å²) in [6.45, 7) is 3.53. The standard InChI is InChI=1S/C15H16N4O3.ClH/c1-7-11(14(21)18-16-7)13(9-4-3-5-10(20)6-9)12-8(2)17-19-15(12)22;/h3-6,13,20H,1-2H3,(H2,16,18,21)(H2,17,19,22);1H. The number of hydrogen-bond acceptors (Lipinski definition) is 3. The fraction of sp³-hybridized carbons (Fsp3) is 0.200. The second-order valence-corrected chi connectivity index (χ2v) is 5.26. The highest BCUT2D eigenvalue weighted by atomic mass is 35.5. The van der Waals surface area contributed by atoms with Crippen LogP contribution in [0.25, 0.3) is 0 Å². The lowest BCUT2D eigenvalue weighted by molar-refractivity contribution is 0.474. The number of aromatic amines is 4. The van der Waals surface area contributed by atoms with Gasteiger partial charge in [-0.2, -0.15) is 0 Å². The zero-order valence-corrected chi connectivity index (χ0v) is 13.4. The summed E-state index contributed by atoms with van der Waals surface area (Å²) in [6, 6.07) is 6.57. The summed E-state index contributed by atoms with van der Waals surface area (Å²) in [5, 5.41) is 20.4. The Hall–Kier alpha value is -2.67. The van der Waals surface area contributed by atoms with E-state index in [0.29, 0.717) is 28.1 Å². The first-order chi connectivity index (χ1) is 10.5. The number of rotatable bonds is 3. The Morgan fingerprint density at radius 2 is 1.43 bits per heavy atom. The quantitative estimate of drug-likeness (QED) is 0.500. The topological polar surface area (TPSA) is 118 Å². The minimum Gasteiger partial charge on any atom is -0.508 e. The van der Waals surface area contributed by atoms with Crippen molar-refractivity contribution in [2.24, 2.45) is 0 Å². The molecule has 8 heteroatoms. The summed E-state index contributed by atoms with van der Waals surface area (Å²) >= 11 is 0. The molecule has 23 heavy (non-hydrogen) atoms. The Balaban J connectivity index is 0.00000192. The molecule has 0 atom stereocenters. The van der Waals surface area contributed by atoms with Crippen molar-refractivity contribution in [2.45, 2.75) is 19.8 Å². The lowest BCUT2D eigenvalue weighted by Gasteiger charge is -2.16. The van der Waals surface area contributed by atoms with E-state index in [0.717, 1.165) is 0 Å². The Labute approximate surface area is 137 Å². The highest BCUT2D eigenvalue weighted by Crippen LogP contribution is 2.32. The maximum atomic E-state index is 12.2. The molecule has 0 saturated heterocycles. The van der Waals surface area contributed by atoms with E-state index in [-0.39, 0.29) is 29.3 Å². The molecular formula is C15H17ClN4O3. The fourth-order valence-corrected chi connectivity index (χ4v) is 2.79. The number of benzene rings is 1. The molecule has 0 aliphatic rings. The van der Waals surface area contributed by atoms with Gasteiger partial charge in [0.05, 0.1) is 11.1 Å². The molecule has 0 spiro atoms. The Morgan fingerprint density at radius 3 is 1.83 bits per heavy atom. The largest absolute Gasteiger partial charge is 0.508 e. The number of phenolic OH excluding ortho intramolecular Hbond substituents is 1. The molecule has 2 heterocycles. The summed E-state index contributed by atoms with van der Waals surface area (Å²) < 4.78 is 0. The smallest absolute Gasteiger partial charge is 0.268 e. The second kappa shape index (κ2) is 6.21. The van der Waals surface area contributed by atoms with E-state index < -0.39 is 5.92 Å². The molecular weight excluding hydrogens is 320 g/mol. The van der Waals surface area contributed by atoms with Gasteiger partial charge in [0.15, 0.2) is 0 Å². The summed E-state index contributed by atoms with van der Waals surface area (Å²) in [7, 11) is 0. The van der Waals surface area contributed by atoms with Crippen molar-refractivity contribution in [1.82, 2.24) is 20.4 Å². The van der Waals surface area contributed by atoms with Gasteiger partial charge in [-0.3, -0.25) is 19.8 Å². The number of aryl methyl sites for hydroxylation is 2. The lowest BCUT2D eigenvalue weighted by atomic mass is 9.85. The van der Waals surface area contributed by atoms with Crippen LogP contribution < -0.4 is 11.1 Å². The van der Waals surface area contributed by atoms with Crippen LogP contribution in [0, 0.1) is 13.8 Å². The van der Waals surface area contributed by atoms with Crippen LogP contribution in [0.3, 0.4) is 0 Å². The summed E-state index contributed by atoms with van der Waals surface area (Å²) in [6.07, 6.45) is 0. The van der Waals surface area contributed by atoms with Gasteiger partial charge in [0, 0.05) is 17.3 Å². The third-order valence-corrected chi connectivity index (χ3v) is 3.81. The van der Waals surface area contributed by atoms with Crippen LogP contribution >= 0.6 is 12.4 Å². The predicted octanol–water partition coefficient (Wildman–Crippen LogP) is 1.64. The maximum Gasteiger partial charge on any atom is 0.268 e. The average molecular weight is 337 g/mol. The maximum absolute atomic E-state index is 12.2. The van der Waals surface area contributed by atoms with E-state index >= 15 is 0 Å². The molecule has 2 aromatic heterocycles. The van der Waals surface area contributed by atoms with Crippen molar-refractivity contribution in [3.05, 3.63) is 73.1 Å². The zero-order chi connectivity index (χ0) is 15.9. The van der Waals surface area contributed by atoms with Crippen molar-refractivity contribution in [1.29, 1.82) is 0 Å². The molecule has 5 N–H and O–H groups in total. The van der Waals surface area contributed by atoms with Crippen molar-refractivity contribution in [3.63, 3.8) is 0 Å². The number of phenols is 1. The minimum atomic E-state index is -0.572. The third kappa shape index (κ3) is 2.83. The van der Waals surface area contributed by atoms with Crippen molar-refractivity contribution >= 4 is 12.4 Å². The van der Waals surface area contributed by atoms with Crippen molar-refractivity contribution < 1.29 is 5.11 Å². The lowest BCUT2D eigenvalue weighted by Crippen LogP contribution is -2.20. The molecule has 0 unspecified atom stereocenters. The first-order valence-electron chi connectivity index (χ1n) is 6.82. The first-order valence-corrected chi connectivity index (χ1v) is 6.82. The molecule has 7 nitrogen and oxygen atoms in total. The molecule has 122 valence electrons.